The molecule has 0 radical (unpaired) electrons. The van der Waals surface area contributed by atoms with Crippen molar-refractivity contribution < 1.29 is 9.32 Å². The van der Waals surface area contributed by atoms with E-state index in [4.69, 9.17) is 0 Å². The fourth-order valence-corrected chi connectivity index (χ4v) is 1.39. The normalized spacial score (nSPS) is 10.0. The molecule has 0 bridgehead atoms. The van der Waals surface area contributed by atoms with Gasteiger partial charge in [0, 0.05) is 12.6 Å². The van der Waals surface area contributed by atoms with Crippen LogP contribution in [-0.2, 0) is 6.42 Å². The first kappa shape index (κ1) is 10.4. The summed E-state index contributed by atoms with van der Waals surface area (Å²) in [7, 11) is 0. The van der Waals surface area contributed by atoms with E-state index in [1.165, 1.54) is 17.9 Å². The van der Waals surface area contributed by atoms with E-state index >= 15 is 0 Å². The molecule has 1 N–H and O–H groups in total. The van der Waals surface area contributed by atoms with Crippen LogP contribution < -0.4 is 5.32 Å². The van der Waals surface area contributed by atoms with E-state index in [0.29, 0.717) is 12.2 Å². The molecule has 82 valence electrons. The van der Waals surface area contributed by atoms with Crippen LogP contribution in [0, 0.1) is 0 Å². The molecule has 1 aromatic heterocycles. The minimum atomic E-state index is -0.204. The lowest BCUT2D eigenvalue weighted by Crippen LogP contribution is -2.25. The predicted octanol–water partition coefficient (Wildman–Crippen LogP) is 1.65. The first-order valence-corrected chi connectivity index (χ1v) is 5.09. The topological polar surface area (TPSA) is 55.1 Å². The van der Waals surface area contributed by atoms with Gasteiger partial charge in [0.25, 0.3) is 5.91 Å². The first-order chi connectivity index (χ1) is 7.86. The summed E-state index contributed by atoms with van der Waals surface area (Å²) in [4.78, 5) is 11.5. The molecule has 0 aliphatic heterocycles. The summed E-state index contributed by atoms with van der Waals surface area (Å²) in [5.74, 6) is -0.204. The Kier molecular flexibility index (Phi) is 3.33. The summed E-state index contributed by atoms with van der Waals surface area (Å²) < 4.78 is 4.59. The molecule has 0 unspecified atom stereocenters. The molecule has 1 aromatic carbocycles. The van der Waals surface area contributed by atoms with Crippen molar-refractivity contribution in [2.45, 2.75) is 6.42 Å². The van der Waals surface area contributed by atoms with E-state index in [1.807, 2.05) is 30.3 Å². The summed E-state index contributed by atoms with van der Waals surface area (Å²) in [6.45, 7) is 0.593. The highest BCUT2D eigenvalue weighted by atomic mass is 16.5. The Morgan fingerprint density at radius 3 is 2.75 bits per heavy atom. The van der Waals surface area contributed by atoms with Gasteiger partial charge in [0.15, 0.2) is 5.69 Å². The Labute approximate surface area is 93.3 Å². The van der Waals surface area contributed by atoms with Crippen molar-refractivity contribution in [2.75, 3.05) is 6.54 Å². The number of carbonyl (C=O) groups excluding carboxylic acids is 1. The van der Waals surface area contributed by atoms with E-state index < -0.39 is 0 Å². The van der Waals surface area contributed by atoms with Crippen molar-refractivity contribution in [1.82, 2.24) is 10.5 Å². The Bertz CT molecular complexity index is 437. The quantitative estimate of drug-likeness (QED) is 0.845. The molecule has 4 heteroatoms. The lowest BCUT2D eigenvalue weighted by atomic mass is 10.1. The third-order valence-corrected chi connectivity index (χ3v) is 2.21. The molecule has 2 rings (SSSR count). The molecule has 2 aromatic rings. The fourth-order valence-electron chi connectivity index (χ4n) is 1.39. The number of aromatic nitrogens is 1. The van der Waals surface area contributed by atoms with Crippen LogP contribution in [-0.4, -0.2) is 17.6 Å². The molecule has 0 atom stereocenters. The molecule has 4 nitrogen and oxygen atoms in total. The third-order valence-electron chi connectivity index (χ3n) is 2.21. The summed E-state index contributed by atoms with van der Waals surface area (Å²) in [6.07, 6.45) is 2.19. The van der Waals surface area contributed by atoms with Gasteiger partial charge in [0.1, 0.15) is 6.26 Å². The SMILES string of the molecule is O=C(NCCc1ccccc1)c1ccon1. The van der Waals surface area contributed by atoms with Crippen molar-refractivity contribution in [3.8, 4) is 0 Å². The van der Waals surface area contributed by atoms with Crippen molar-refractivity contribution in [2.24, 2.45) is 0 Å². The standard InChI is InChI=1S/C12H12N2O2/c15-12(11-7-9-16-14-11)13-8-6-10-4-2-1-3-5-10/h1-5,7,9H,6,8H2,(H,13,15). The monoisotopic (exact) mass is 216 g/mol. The van der Waals surface area contributed by atoms with Crippen molar-refractivity contribution in [3.63, 3.8) is 0 Å². The second-order valence-corrected chi connectivity index (χ2v) is 3.38. The van der Waals surface area contributed by atoms with Gasteiger partial charge in [-0.25, -0.2) is 0 Å². The second kappa shape index (κ2) is 5.11. The van der Waals surface area contributed by atoms with Gasteiger partial charge in [0.05, 0.1) is 0 Å². The molecular weight excluding hydrogens is 204 g/mol. The number of carbonyl (C=O) groups is 1. The van der Waals surface area contributed by atoms with Crippen LogP contribution in [0.15, 0.2) is 47.2 Å². The zero-order valence-electron chi connectivity index (χ0n) is 8.72. The Balaban J connectivity index is 1.79. The summed E-state index contributed by atoms with van der Waals surface area (Å²) in [5, 5.41) is 6.33. The van der Waals surface area contributed by atoms with Crippen molar-refractivity contribution in [1.29, 1.82) is 0 Å². The van der Waals surface area contributed by atoms with Gasteiger partial charge in [-0.1, -0.05) is 35.5 Å². The van der Waals surface area contributed by atoms with E-state index in [1.54, 1.807) is 0 Å². The summed E-state index contributed by atoms with van der Waals surface area (Å²) in [6, 6.07) is 11.5. The molecule has 1 heterocycles. The second-order valence-electron chi connectivity index (χ2n) is 3.38. The molecule has 16 heavy (non-hydrogen) atoms. The van der Waals surface area contributed by atoms with Gasteiger partial charge in [-0.15, -0.1) is 0 Å². The van der Waals surface area contributed by atoms with E-state index in [9.17, 15) is 4.79 Å². The molecule has 1 amide bonds. The minimum Gasteiger partial charge on any atom is -0.364 e. The van der Waals surface area contributed by atoms with E-state index in [0.717, 1.165) is 6.42 Å². The Morgan fingerprint density at radius 1 is 1.25 bits per heavy atom. The van der Waals surface area contributed by atoms with Gasteiger partial charge in [0.2, 0.25) is 0 Å². The molecule has 0 aliphatic carbocycles. The summed E-state index contributed by atoms with van der Waals surface area (Å²) >= 11 is 0. The maximum atomic E-state index is 11.5. The fraction of sp³-hybridized carbons (Fsp3) is 0.167. The Hall–Kier alpha value is -2.10. The van der Waals surface area contributed by atoms with Crippen LogP contribution in [0.25, 0.3) is 0 Å². The Morgan fingerprint density at radius 2 is 2.06 bits per heavy atom. The third kappa shape index (κ3) is 2.70. The lowest BCUT2D eigenvalue weighted by molar-refractivity contribution is 0.0945. The smallest absolute Gasteiger partial charge is 0.273 e. The minimum absolute atomic E-state index is 0.204. The van der Waals surface area contributed by atoms with Crippen LogP contribution in [0.5, 0.6) is 0 Å². The lowest BCUT2D eigenvalue weighted by Gasteiger charge is -2.02. The molecular formula is C12H12N2O2. The molecule has 0 fully saturated rings. The highest BCUT2D eigenvalue weighted by Gasteiger charge is 2.07. The first-order valence-electron chi connectivity index (χ1n) is 5.09. The molecule has 0 saturated carbocycles. The summed E-state index contributed by atoms with van der Waals surface area (Å²) in [5.41, 5.74) is 1.51. The van der Waals surface area contributed by atoms with Gasteiger partial charge in [-0.2, -0.15) is 0 Å². The number of amides is 1. The highest BCUT2D eigenvalue weighted by Crippen LogP contribution is 1.99. The number of rotatable bonds is 4. The largest absolute Gasteiger partial charge is 0.364 e. The number of hydrogen-bond acceptors (Lipinski definition) is 3. The molecule has 0 saturated heterocycles. The van der Waals surface area contributed by atoms with Gasteiger partial charge >= 0.3 is 0 Å². The predicted molar refractivity (Wildman–Crippen MR) is 59.0 cm³/mol. The number of benzene rings is 1. The number of nitrogens with zero attached hydrogens (tertiary/aromatic N) is 1. The maximum absolute atomic E-state index is 11.5. The average molecular weight is 216 g/mol. The van der Waals surface area contributed by atoms with Gasteiger partial charge < -0.3 is 9.84 Å². The van der Waals surface area contributed by atoms with Crippen LogP contribution in [0.2, 0.25) is 0 Å². The molecule has 0 spiro atoms. The van der Waals surface area contributed by atoms with E-state index in [-0.39, 0.29) is 5.91 Å². The number of nitrogens with one attached hydrogen (secondary N) is 1. The average Bonchev–Trinajstić information content (AvgIpc) is 2.84. The highest BCUT2D eigenvalue weighted by molar-refractivity contribution is 5.91. The molecule has 0 aliphatic rings. The van der Waals surface area contributed by atoms with Gasteiger partial charge in [-0.05, 0) is 12.0 Å². The van der Waals surface area contributed by atoms with Crippen molar-refractivity contribution >= 4 is 5.91 Å². The van der Waals surface area contributed by atoms with Crippen LogP contribution >= 0.6 is 0 Å². The maximum Gasteiger partial charge on any atom is 0.273 e. The zero-order chi connectivity index (χ0) is 11.2. The van der Waals surface area contributed by atoms with E-state index in [2.05, 4.69) is 15.0 Å². The van der Waals surface area contributed by atoms with Crippen LogP contribution in [0.4, 0.5) is 0 Å². The van der Waals surface area contributed by atoms with Crippen LogP contribution in [0.1, 0.15) is 16.1 Å². The van der Waals surface area contributed by atoms with Crippen molar-refractivity contribution in [3.05, 3.63) is 53.9 Å². The van der Waals surface area contributed by atoms with Gasteiger partial charge in [-0.3, -0.25) is 4.79 Å². The zero-order valence-corrected chi connectivity index (χ0v) is 8.72. The number of hydrogen-bond donors (Lipinski definition) is 1. The van der Waals surface area contributed by atoms with Crippen LogP contribution in [0.3, 0.4) is 0 Å².